The van der Waals surface area contributed by atoms with Gasteiger partial charge in [0.15, 0.2) is 5.82 Å². The van der Waals surface area contributed by atoms with Crippen LogP contribution in [0.4, 0.5) is 0 Å². The molecule has 2 aromatic rings. The van der Waals surface area contributed by atoms with Gasteiger partial charge in [-0.05, 0) is 26.7 Å². The third-order valence-electron chi connectivity index (χ3n) is 4.57. The van der Waals surface area contributed by atoms with E-state index in [9.17, 15) is 4.79 Å². The van der Waals surface area contributed by atoms with Crippen molar-refractivity contribution in [3.05, 3.63) is 27.7 Å². The normalized spacial score (nSPS) is 16.7. The maximum absolute atomic E-state index is 12.6. The van der Waals surface area contributed by atoms with Crippen LogP contribution in [-0.2, 0) is 0 Å². The number of carbonyl (C=O) groups excluding carboxylic acids is 1. The molecular formula is C17H25N5OS. The van der Waals surface area contributed by atoms with Crippen molar-refractivity contribution in [1.29, 1.82) is 0 Å². The van der Waals surface area contributed by atoms with E-state index in [1.165, 1.54) is 24.2 Å². The molecule has 3 rings (SSSR count). The second-order valence-corrected chi connectivity index (χ2v) is 7.88. The van der Waals surface area contributed by atoms with Gasteiger partial charge in [0.2, 0.25) is 0 Å². The smallest absolute Gasteiger partial charge is 0.263 e. The number of aryl methyl sites for hydroxylation is 1. The van der Waals surface area contributed by atoms with Crippen molar-refractivity contribution in [2.75, 3.05) is 0 Å². The van der Waals surface area contributed by atoms with Crippen molar-refractivity contribution in [3.63, 3.8) is 0 Å². The maximum Gasteiger partial charge on any atom is 0.263 e. The number of hydrogen-bond donors (Lipinski definition) is 1. The minimum atomic E-state index is -0.176. The number of carbonyl (C=O) groups is 1. The molecule has 7 heteroatoms. The summed E-state index contributed by atoms with van der Waals surface area (Å²) in [5.41, 5.74) is 0.797. The number of aromatic nitrogens is 4. The number of hydrogen-bond acceptors (Lipinski definition) is 5. The third kappa shape index (κ3) is 3.36. The quantitative estimate of drug-likeness (QED) is 0.893. The Bertz CT molecular complexity index is 714. The molecular weight excluding hydrogens is 322 g/mol. The molecule has 1 saturated carbocycles. The fourth-order valence-corrected chi connectivity index (χ4v) is 4.20. The van der Waals surface area contributed by atoms with Crippen molar-refractivity contribution >= 4 is 17.2 Å². The van der Waals surface area contributed by atoms with E-state index in [-0.39, 0.29) is 11.9 Å². The van der Waals surface area contributed by atoms with E-state index in [1.807, 2.05) is 13.8 Å². The van der Waals surface area contributed by atoms with Crippen LogP contribution in [0.3, 0.4) is 0 Å². The number of nitrogens with one attached hydrogen (secondary N) is 1. The number of amides is 1. The van der Waals surface area contributed by atoms with Gasteiger partial charge in [-0.25, -0.2) is 4.98 Å². The van der Waals surface area contributed by atoms with Gasteiger partial charge in [0.1, 0.15) is 11.2 Å². The molecule has 0 spiro atoms. The lowest BCUT2D eigenvalue weighted by atomic mass is 10.2. The Morgan fingerprint density at radius 2 is 2.04 bits per heavy atom. The molecule has 1 fully saturated rings. The minimum absolute atomic E-state index is 0.0784. The molecule has 130 valence electrons. The van der Waals surface area contributed by atoms with Gasteiger partial charge in [-0.3, -0.25) is 4.79 Å². The van der Waals surface area contributed by atoms with E-state index < -0.39 is 0 Å². The van der Waals surface area contributed by atoms with Gasteiger partial charge in [0.25, 0.3) is 5.91 Å². The Kier molecular flexibility index (Phi) is 4.99. The van der Waals surface area contributed by atoms with Crippen molar-refractivity contribution in [2.24, 2.45) is 0 Å². The Labute approximate surface area is 146 Å². The highest BCUT2D eigenvalue weighted by atomic mass is 32.1. The van der Waals surface area contributed by atoms with Crippen LogP contribution in [0.5, 0.6) is 0 Å². The van der Waals surface area contributed by atoms with E-state index in [1.54, 1.807) is 6.33 Å². The fourth-order valence-electron chi connectivity index (χ4n) is 3.23. The van der Waals surface area contributed by atoms with Gasteiger partial charge in [-0.2, -0.15) is 0 Å². The zero-order chi connectivity index (χ0) is 17.3. The van der Waals surface area contributed by atoms with E-state index >= 15 is 0 Å². The zero-order valence-electron chi connectivity index (χ0n) is 14.7. The fraction of sp³-hybridized carbons (Fsp3) is 0.647. The lowest BCUT2D eigenvalue weighted by Crippen LogP contribution is -2.29. The Morgan fingerprint density at radius 1 is 1.33 bits per heavy atom. The molecule has 24 heavy (non-hydrogen) atoms. The zero-order valence-corrected chi connectivity index (χ0v) is 15.6. The molecule has 1 N–H and O–H groups in total. The lowest BCUT2D eigenvalue weighted by Gasteiger charge is -2.18. The second kappa shape index (κ2) is 7.01. The molecule has 1 amide bonds. The monoisotopic (exact) mass is 347 g/mol. The average molecular weight is 347 g/mol. The Morgan fingerprint density at radius 3 is 2.67 bits per heavy atom. The molecule has 2 aromatic heterocycles. The SMILES string of the molecule is Cc1nc(C(C)C)sc1C(=O)N[C@H](C)c1nncn1C1CCCC1. The summed E-state index contributed by atoms with van der Waals surface area (Å²) in [4.78, 5) is 17.8. The molecule has 0 bridgehead atoms. The number of rotatable bonds is 5. The average Bonchev–Trinajstić information content (AvgIpc) is 3.26. The summed E-state index contributed by atoms with van der Waals surface area (Å²) in [6.07, 6.45) is 6.62. The van der Waals surface area contributed by atoms with E-state index in [0.717, 1.165) is 29.4 Å². The molecule has 0 unspecified atom stereocenters. The highest BCUT2D eigenvalue weighted by molar-refractivity contribution is 7.13. The Balaban J connectivity index is 1.74. The molecule has 1 aliphatic carbocycles. The largest absolute Gasteiger partial charge is 0.342 e. The number of nitrogens with zero attached hydrogens (tertiary/aromatic N) is 4. The Hall–Kier alpha value is -1.76. The predicted octanol–water partition coefficient (Wildman–Crippen LogP) is 3.77. The molecule has 6 nitrogen and oxygen atoms in total. The first kappa shape index (κ1) is 17.1. The van der Waals surface area contributed by atoms with Crippen LogP contribution in [0, 0.1) is 6.92 Å². The van der Waals surface area contributed by atoms with Crippen LogP contribution in [0.25, 0.3) is 0 Å². The molecule has 0 radical (unpaired) electrons. The predicted molar refractivity (Wildman–Crippen MR) is 94.3 cm³/mol. The van der Waals surface area contributed by atoms with Crippen LogP contribution in [0.2, 0.25) is 0 Å². The van der Waals surface area contributed by atoms with Crippen LogP contribution in [-0.4, -0.2) is 25.7 Å². The molecule has 0 saturated heterocycles. The summed E-state index contributed by atoms with van der Waals surface area (Å²) in [6, 6.07) is 0.289. The van der Waals surface area contributed by atoms with Gasteiger partial charge >= 0.3 is 0 Å². The van der Waals surface area contributed by atoms with E-state index in [4.69, 9.17) is 0 Å². The summed E-state index contributed by atoms with van der Waals surface area (Å²) in [5, 5.41) is 12.4. The van der Waals surface area contributed by atoms with Crippen LogP contribution in [0.15, 0.2) is 6.33 Å². The molecule has 0 aliphatic heterocycles. The summed E-state index contributed by atoms with van der Waals surface area (Å²) < 4.78 is 2.14. The van der Waals surface area contributed by atoms with Crippen LogP contribution in [0.1, 0.15) is 90.7 Å². The first-order valence-electron chi connectivity index (χ1n) is 8.65. The standard InChI is InChI=1S/C17H25N5OS/c1-10(2)17-20-11(3)14(24-17)16(23)19-12(4)15-21-18-9-22(15)13-7-5-6-8-13/h9-10,12-13H,5-8H2,1-4H3,(H,19,23)/t12-/m1/s1. The van der Waals surface area contributed by atoms with Gasteiger partial charge in [-0.15, -0.1) is 21.5 Å². The van der Waals surface area contributed by atoms with E-state index in [2.05, 4.69) is 38.9 Å². The molecule has 1 atom stereocenters. The van der Waals surface area contributed by atoms with Crippen LogP contribution >= 0.6 is 11.3 Å². The summed E-state index contributed by atoms with van der Waals surface area (Å²) in [5.74, 6) is 1.09. The van der Waals surface area contributed by atoms with E-state index in [0.29, 0.717) is 16.8 Å². The first-order chi connectivity index (χ1) is 11.5. The second-order valence-electron chi connectivity index (χ2n) is 6.85. The van der Waals surface area contributed by atoms with Gasteiger partial charge < -0.3 is 9.88 Å². The lowest BCUT2D eigenvalue weighted by molar-refractivity contribution is 0.0940. The molecule has 0 aromatic carbocycles. The highest BCUT2D eigenvalue weighted by Crippen LogP contribution is 2.31. The summed E-state index contributed by atoms with van der Waals surface area (Å²) >= 11 is 1.48. The number of thiazole rings is 1. The van der Waals surface area contributed by atoms with Gasteiger partial charge in [0.05, 0.1) is 16.7 Å². The van der Waals surface area contributed by atoms with Crippen molar-refractivity contribution in [2.45, 2.75) is 71.4 Å². The summed E-state index contributed by atoms with van der Waals surface area (Å²) in [7, 11) is 0. The van der Waals surface area contributed by atoms with Gasteiger partial charge in [-0.1, -0.05) is 26.7 Å². The first-order valence-corrected chi connectivity index (χ1v) is 9.46. The topological polar surface area (TPSA) is 72.7 Å². The van der Waals surface area contributed by atoms with Crippen LogP contribution < -0.4 is 5.32 Å². The maximum atomic E-state index is 12.6. The highest BCUT2D eigenvalue weighted by Gasteiger charge is 2.25. The molecule has 1 aliphatic rings. The van der Waals surface area contributed by atoms with Crippen molar-refractivity contribution in [3.8, 4) is 0 Å². The third-order valence-corrected chi connectivity index (χ3v) is 6.02. The summed E-state index contributed by atoms with van der Waals surface area (Å²) in [6.45, 7) is 8.04. The van der Waals surface area contributed by atoms with Gasteiger partial charge in [0, 0.05) is 12.0 Å². The molecule has 2 heterocycles. The van der Waals surface area contributed by atoms with Crippen molar-refractivity contribution in [1.82, 2.24) is 25.1 Å². The minimum Gasteiger partial charge on any atom is -0.342 e. The van der Waals surface area contributed by atoms with Crippen molar-refractivity contribution < 1.29 is 4.79 Å².